The Balaban J connectivity index is 2.88. The molecular weight excluding hydrogens is 214 g/mol. The second-order valence-corrected chi connectivity index (χ2v) is 6.92. The van der Waals surface area contributed by atoms with Crippen LogP contribution in [-0.4, -0.2) is 37.7 Å². The summed E-state index contributed by atoms with van der Waals surface area (Å²) in [5.41, 5.74) is 5.06. The molecule has 1 heterocycles. The van der Waals surface area contributed by atoms with Crippen molar-refractivity contribution in [2.75, 3.05) is 18.1 Å². The van der Waals surface area contributed by atoms with Gasteiger partial charge in [0.25, 0.3) is 0 Å². The minimum absolute atomic E-state index is 0.0437. The van der Waals surface area contributed by atoms with Crippen LogP contribution in [-0.2, 0) is 9.84 Å². The van der Waals surface area contributed by atoms with E-state index in [9.17, 15) is 13.5 Å². The van der Waals surface area contributed by atoms with Crippen molar-refractivity contribution in [3.63, 3.8) is 0 Å². The van der Waals surface area contributed by atoms with Crippen molar-refractivity contribution >= 4 is 9.84 Å². The first kappa shape index (κ1) is 12.9. The molecule has 90 valence electrons. The highest BCUT2D eigenvalue weighted by atomic mass is 32.2. The van der Waals surface area contributed by atoms with E-state index in [1.807, 2.05) is 13.8 Å². The zero-order chi connectivity index (χ0) is 11.7. The summed E-state index contributed by atoms with van der Waals surface area (Å²) in [6.07, 6.45) is 0.727. The van der Waals surface area contributed by atoms with E-state index in [-0.39, 0.29) is 24.0 Å². The van der Waals surface area contributed by atoms with Crippen molar-refractivity contribution in [1.82, 2.24) is 0 Å². The predicted molar refractivity (Wildman–Crippen MR) is 60.2 cm³/mol. The Bertz CT molecular complexity index is 315. The number of hydrogen-bond acceptors (Lipinski definition) is 4. The van der Waals surface area contributed by atoms with Gasteiger partial charge in [0.15, 0.2) is 9.84 Å². The van der Waals surface area contributed by atoms with E-state index in [1.54, 1.807) is 0 Å². The summed E-state index contributed by atoms with van der Waals surface area (Å²) in [5.74, 6) is 0.307. The Morgan fingerprint density at radius 3 is 2.47 bits per heavy atom. The third kappa shape index (κ3) is 2.52. The average molecular weight is 235 g/mol. The van der Waals surface area contributed by atoms with E-state index in [2.05, 4.69) is 0 Å². The molecule has 5 heteroatoms. The first-order chi connectivity index (χ1) is 6.87. The smallest absolute Gasteiger partial charge is 0.151 e. The highest BCUT2D eigenvalue weighted by Crippen LogP contribution is 2.38. The van der Waals surface area contributed by atoms with Crippen LogP contribution < -0.4 is 5.73 Å². The van der Waals surface area contributed by atoms with E-state index < -0.39 is 21.4 Å². The molecule has 0 saturated carbocycles. The molecule has 0 radical (unpaired) electrons. The lowest BCUT2D eigenvalue weighted by Gasteiger charge is -2.35. The van der Waals surface area contributed by atoms with E-state index >= 15 is 0 Å². The molecule has 1 rings (SSSR count). The van der Waals surface area contributed by atoms with Crippen LogP contribution in [0.1, 0.15) is 26.7 Å². The quantitative estimate of drug-likeness (QED) is 0.727. The highest BCUT2D eigenvalue weighted by Gasteiger charge is 2.47. The van der Waals surface area contributed by atoms with Gasteiger partial charge in [0, 0.05) is 12.0 Å². The SMILES string of the molecule is CCC(C)C(O)C1(CN)CCS(=O)(=O)C1. The third-order valence-corrected chi connectivity index (χ3v) is 5.48. The maximum absolute atomic E-state index is 11.5. The van der Waals surface area contributed by atoms with Crippen LogP contribution in [0, 0.1) is 11.3 Å². The minimum atomic E-state index is -2.99. The van der Waals surface area contributed by atoms with Crippen molar-refractivity contribution in [2.45, 2.75) is 32.8 Å². The molecule has 3 atom stereocenters. The summed E-state index contributed by atoms with van der Waals surface area (Å²) in [7, 11) is -2.99. The maximum atomic E-state index is 11.5. The number of rotatable bonds is 4. The average Bonchev–Trinajstić information content (AvgIpc) is 2.53. The Morgan fingerprint density at radius 2 is 2.13 bits per heavy atom. The van der Waals surface area contributed by atoms with Gasteiger partial charge in [-0.05, 0) is 12.3 Å². The second kappa shape index (κ2) is 4.39. The predicted octanol–water partition coefficient (Wildman–Crippen LogP) is 0.157. The van der Waals surface area contributed by atoms with Crippen molar-refractivity contribution in [1.29, 1.82) is 0 Å². The van der Waals surface area contributed by atoms with Crippen LogP contribution in [0.25, 0.3) is 0 Å². The molecular formula is C10H21NO3S. The third-order valence-electron chi connectivity index (χ3n) is 3.64. The fourth-order valence-corrected chi connectivity index (χ4v) is 4.45. The van der Waals surface area contributed by atoms with Crippen molar-refractivity contribution in [2.24, 2.45) is 17.1 Å². The van der Waals surface area contributed by atoms with Gasteiger partial charge in [-0.1, -0.05) is 20.3 Å². The largest absolute Gasteiger partial charge is 0.392 e. The summed E-state index contributed by atoms with van der Waals surface area (Å²) in [6.45, 7) is 4.17. The molecule has 3 unspecified atom stereocenters. The van der Waals surface area contributed by atoms with Crippen molar-refractivity contribution in [3.8, 4) is 0 Å². The summed E-state index contributed by atoms with van der Waals surface area (Å²) in [6, 6.07) is 0. The summed E-state index contributed by atoms with van der Waals surface area (Å²) >= 11 is 0. The van der Waals surface area contributed by atoms with Crippen LogP contribution in [0.4, 0.5) is 0 Å². The molecule has 4 nitrogen and oxygen atoms in total. The van der Waals surface area contributed by atoms with Gasteiger partial charge in [0.1, 0.15) is 0 Å². The number of nitrogens with two attached hydrogens (primary N) is 1. The van der Waals surface area contributed by atoms with Crippen LogP contribution >= 0.6 is 0 Å². The summed E-state index contributed by atoms with van der Waals surface area (Å²) in [4.78, 5) is 0. The summed E-state index contributed by atoms with van der Waals surface area (Å²) in [5, 5.41) is 10.2. The standard InChI is InChI=1S/C10H21NO3S/c1-3-8(2)9(12)10(6-11)4-5-15(13,14)7-10/h8-9,12H,3-7,11H2,1-2H3. The van der Waals surface area contributed by atoms with Gasteiger partial charge in [0.2, 0.25) is 0 Å². The Hall–Kier alpha value is -0.130. The Morgan fingerprint density at radius 1 is 1.53 bits per heavy atom. The molecule has 0 aliphatic carbocycles. The second-order valence-electron chi connectivity index (χ2n) is 4.74. The molecule has 0 spiro atoms. The van der Waals surface area contributed by atoms with Crippen LogP contribution in [0.15, 0.2) is 0 Å². The monoisotopic (exact) mass is 235 g/mol. The number of aliphatic hydroxyl groups is 1. The first-order valence-electron chi connectivity index (χ1n) is 5.45. The normalized spacial score (nSPS) is 33.9. The van der Waals surface area contributed by atoms with Crippen molar-refractivity contribution in [3.05, 3.63) is 0 Å². The zero-order valence-corrected chi connectivity index (χ0v) is 10.3. The van der Waals surface area contributed by atoms with Gasteiger partial charge in [-0.3, -0.25) is 0 Å². The molecule has 1 aliphatic rings. The van der Waals surface area contributed by atoms with Crippen LogP contribution in [0.3, 0.4) is 0 Å². The lowest BCUT2D eigenvalue weighted by molar-refractivity contribution is 0.00457. The number of sulfone groups is 1. The lowest BCUT2D eigenvalue weighted by Crippen LogP contribution is -2.46. The fraction of sp³-hybridized carbons (Fsp3) is 1.00. The molecule has 1 saturated heterocycles. The number of hydrogen-bond donors (Lipinski definition) is 2. The van der Waals surface area contributed by atoms with Crippen LogP contribution in [0.5, 0.6) is 0 Å². The molecule has 1 aliphatic heterocycles. The van der Waals surface area contributed by atoms with Gasteiger partial charge >= 0.3 is 0 Å². The molecule has 0 aromatic carbocycles. The minimum Gasteiger partial charge on any atom is -0.392 e. The van der Waals surface area contributed by atoms with Gasteiger partial charge in [-0.25, -0.2) is 8.42 Å². The van der Waals surface area contributed by atoms with E-state index in [0.29, 0.717) is 6.42 Å². The topological polar surface area (TPSA) is 80.4 Å². The van der Waals surface area contributed by atoms with E-state index in [1.165, 1.54) is 0 Å². The molecule has 0 amide bonds. The van der Waals surface area contributed by atoms with Crippen LogP contribution in [0.2, 0.25) is 0 Å². The zero-order valence-electron chi connectivity index (χ0n) is 9.44. The molecule has 1 fully saturated rings. The van der Waals surface area contributed by atoms with Crippen molar-refractivity contribution < 1.29 is 13.5 Å². The van der Waals surface area contributed by atoms with Gasteiger partial charge in [0.05, 0.1) is 17.6 Å². The first-order valence-corrected chi connectivity index (χ1v) is 7.27. The Labute approximate surface area is 91.8 Å². The fourth-order valence-electron chi connectivity index (χ4n) is 2.28. The molecule has 0 aromatic heterocycles. The van der Waals surface area contributed by atoms with Gasteiger partial charge < -0.3 is 10.8 Å². The molecule has 15 heavy (non-hydrogen) atoms. The van der Waals surface area contributed by atoms with Gasteiger partial charge in [-0.2, -0.15) is 0 Å². The van der Waals surface area contributed by atoms with E-state index in [0.717, 1.165) is 6.42 Å². The molecule has 3 N–H and O–H groups in total. The maximum Gasteiger partial charge on any atom is 0.151 e. The molecule has 0 aromatic rings. The Kier molecular flexibility index (Phi) is 3.79. The van der Waals surface area contributed by atoms with Gasteiger partial charge in [-0.15, -0.1) is 0 Å². The summed E-state index contributed by atoms with van der Waals surface area (Å²) < 4.78 is 22.9. The molecule has 0 bridgehead atoms. The lowest BCUT2D eigenvalue weighted by atomic mass is 9.76. The highest BCUT2D eigenvalue weighted by molar-refractivity contribution is 7.91. The number of aliphatic hydroxyl groups excluding tert-OH is 1. The van der Waals surface area contributed by atoms with E-state index in [4.69, 9.17) is 5.73 Å².